The Morgan fingerprint density at radius 3 is 2.42 bits per heavy atom. The zero-order valence-electron chi connectivity index (χ0n) is 32.4. The normalized spacial score (nSPS) is 21.4. The molecule has 8 heteroatoms. The van der Waals surface area contributed by atoms with Crippen LogP contribution in [0.2, 0.25) is 0 Å². The number of rotatable bonds is 4. The van der Waals surface area contributed by atoms with Crippen LogP contribution >= 0.6 is 0 Å². The van der Waals surface area contributed by atoms with Crippen LogP contribution in [0.25, 0.3) is 12.2 Å². The summed E-state index contributed by atoms with van der Waals surface area (Å²) in [5.74, 6) is 1.25. The smallest absolute Gasteiger partial charge is 0.161 e. The molecule has 3 atom stereocenters. The van der Waals surface area contributed by atoms with Crippen LogP contribution in [0.15, 0.2) is 90.8 Å². The van der Waals surface area contributed by atoms with E-state index >= 15 is 0 Å². The van der Waals surface area contributed by atoms with Gasteiger partial charge in [-0.05, 0) is 127 Å². The summed E-state index contributed by atoms with van der Waals surface area (Å²) < 4.78 is 6.40. The zero-order valence-corrected chi connectivity index (χ0v) is 32.4. The first kappa shape index (κ1) is 36.9. The van der Waals surface area contributed by atoms with Crippen molar-refractivity contribution in [3.8, 4) is 17.2 Å². The molecule has 1 aliphatic heterocycles. The summed E-state index contributed by atoms with van der Waals surface area (Å²) in [4.78, 5) is 35.5. The number of carbonyl (C=O) groups is 2. The number of aryl methyl sites for hydroxylation is 2. The molecule has 4 aliphatic rings. The first-order valence-corrected chi connectivity index (χ1v) is 20.7. The van der Waals surface area contributed by atoms with Gasteiger partial charge in [-0.15, -0.1) is 0 Å². The van der Waals surface area contributed by atoms with Crippen molar-refractivity contribution in [3.05, 3.63) is 141 Å². The van der Waals surface area contributed by atoms with Gasteiger partial charge in [-0.2, -0.15) is 0 Å². The molecule has 4 bridgehead atoms. The summed E-state index contributed by atoms with van der Waals surface area (Å²) in [5, 5.41) is 25.8. The van der Waals surface area contributed by atoms with Crippen LogP contribution in [0, 0.1) is 11.8 Å². The predicted molar refractivity (Wildman–Crippen MR) is 224 cm³/mol. The number of aromatic hydroxyl groups is 2. The Labute approximate surface area is 334 Å². The molecule has 5 N–H and O–H groups in total. The fourth-order valence-corrected chi connectivity index (χ4v) is 9.77. The van der Waals surface area contributed by atoms with Gasteiger partial charge in [-0.3, -0.25) is 9.59 Å². The maximum Gasteiger partial charge on any atom is 0.161 e. The molecule has 0 radical (unpaired) electrons. The average Bonchev–Trinajstić information content (AvgIpc) is 3.97. The maximum absolute atomic E-state index is 14.7. The van der Waals surface area contributed by atoms with Gasteiger partial charge in [0, 0.05) is 66.9 Å². The summed E-state index contributed by atoms with van der Waals surface area (Å²) in [5.41, 5.74) is 10.1. The SMILES string of the molecule is O=C1CCc2cc(c(O)c(OC3CCCC3)c2)Cc2cccc(c2)Cc2cc[nH]c2NCC2=Cc3[nH]ccc3[C@H](C[C@H]3C=Cc4c(O)cccc4CC3)[C@@H]2C(=O)C1. The molecule has 3 aromatic carbocycles. The number of anilines is 1. The molecule has 1 saturated carbocycles. The minimum atomic E-state index is -0.485. The maximum atomic E-state index is 14.7. The summed E-state index contributed by atoms with van der Waals surface area (Å²) in [6.07, 6.45) is 18.7. The van der Waals surface area contributed by atoms with Crippen molar-refractivity contribution in [2.75, 3.05) is 11.9 Å². The number of carbonyl (C=O) groups excluding carboxylic acids is 2. The molecule has 0 saturated heterocycles. The Hall–Kier alpha value is -5.76. The lowest BCUT2D eigenvalue weighted by atomic mass is 9.69. The largest absolute Gasteiger partial charge is 0.507 e. The predicted octanol–water partition coefficient (Wildman–Crippen LogP) is 9.61. The fourth-order valence-electron chi connectivity index (χ4n) is 9.77. The molecular weight excluding hydrogens is 711 g/mol. The minimum absolute atomic E-state index is 0.0549. The highest BCUT2D eigenvalue weighted by atomic mass is 16.5. The number of benzene rings is 3. The number of Topliss-reactive ketones (excluding diaryl/α,β-unsaturated/α-hetero) is 2. The number of H-pyrrole nitrogens is 2. The highest BCUT2D eigenvalue weighted by molar-refractivity contribution is 6.02. The summed E-state index contributed by atoms with van der Waals surface area (Å²) in [6, 6.07) is 22.3. The second-order valence-electron chi connectivity index (χ2n) is 16.6. The average molecular weight is 762 g/mol. The van der Waals surface area contributed by atoms with Gasteiger partial charge >= 0.3 is 0 Å². The fraction of sp³-hybridized carbons (Fsp3) is 0.347. The van der Waals surface area contributed by atoms with Crippen molar-refractivity contribution in [1.29, 1.82) is 0 Å². The molecule has 9 rings (SSSR count). The standard InChI is InChI=1S/C49H51N3O5/c53-38-15-12-33-24-36(48(56)46(26-33)57-39-8-1-2-9-39)23-32-6-3-5-31(21-32)22-35-17-19-51-49(35)52-29-37-27-43-41(18-20-50-43)42(47(37)45(55)28-38)25-30-11-14-34-7-4-10-44(54)40(34)16-13-30/h3-7,10,13,16-21,24,26-27,30,39,42,47,50-52,54,56H,1-2,8-9,11-12,14-15,22-23,25,28-29H2/t30-,42+,47-/m1/s1. The van der Waals surface area contributed by atoms with Crippen LogP contribution in [0.1, 0.15) is 107 Å². The highest BCUT2D eigenvalue weighted by Crippen LogP contribution is 2.45. The van der Waals surface area contributed by atoms with Gasteiger partial charge in [-0.25, -0.2) is 0 Å². The van der Waals surface area contributed by atoms with E-state index in [4.69, 9.17) is 4.74 Å². The van der Waals surface area contributed by atoms with Gasteiger partial charge in [-0.1, -0.05) is 54.6 Å². The number of allylic oxidation sites excluding steroid dienone is 1. The number of ketones is 2. The Balaban J connectivity index is 1.06. The van der Waals surface area contributed by atoms with Crippen LogP contribution in [-0.4, -0.2) is 44.4 Å². The second kappa shape index (κ2) is 16.0. The molecule has 2 aromatic heterocycles. The van der Waals surface area contributed by atoms with Crippen LogP contribution < -0.4 is 10.1 Å². The van der Waals surface area contributed by atoms with Crippen molar-refractivity contribution in [3.63, 3.8) is 0 Å². The van der Waals surface area contributed by atoms with E-state index in [0.717, 1.165) is 107 Å². The lowest BCUT2D eigenvalue weighted by Gasteiger charge is -2.34. The van der Waals surface area contributed by atoms with Crippen LogP contribution in [0.5, 0.6) is 17.2 Å². The van der Waals surface area contributed by atoms with Crippen LogP contribution in [0.4, 0.5) is 5.82 Å². The van der Waals surface area contributed by atoms with E-state index in [9.17, 15) is 19.8 Å². The van der Waals surface area contributed by atoms with Gasteiger partial charge in [0.2, 0.25) is 0 Å². The van der Waals surface area contributed by atoms with Crippen molar-refractivity contribution in [2.45, 2.75) is 89.1 Å². The van der Waals surface area contributed by atoms with E-state index in [2.05, 4.69) is 69.9 Å². The van der Waals surface area contributed by atoms with Gasteiger partial charge in [0.25, 0.3) is 0 Å². The number of hydrogen-bond acceptors (Lipinski definition) is 6. The molecule has 3 heterocycles. The Bertz CT molecular complexity index is 2360. The van der Waals surface area contributed by atoms with E-state index in [1.165, 1.54) is 0 Å². The molecule has 0 spiro atoms. The number of ether oxygens (including phenoxy) is 1. The third kappa shape index (κ3) is 7.95. The second-order valence-corrected chi connectivity index (χ2v) is 16.6. The molecule has 0 unspecified atom stereocenters. The molecule has 3 aliphatic carbocycles. The monoisotopic (exact) mass is 761 g/mol. The Morgan fingerprint density at radius 1 is 0.754 bits per heavy atom. The van der Waals surface area contributed by atoms with Crippen molar-refractivity contribution in [1.82, 2.24) is 9.97 Å². The van der Waals surface area contributed by atoms with E-state index < -0.39 is 5.92 Å². The van der Waals surface area contributed by atoms with Gasteiger partial charge in [0.05, 0.1) is 12.5 Å². The van der Waals surface area contributed by atoms with E-state index in [-0.39, 0.29) is 53.8 Å². The molecular formula is C49H51N3O5. The minimum Gasteiger partial charge on any atom is -0.507 e. The molecule has 0 amide bonds. The van der Waals surface area contributed by atoms with Crippen molar-refractivity contribution < 1.29 is 24.5 Å². The van der Waals surface area contributed by atoms with Crippen LogP contribution in [0.3, 0.4) is 0 Å². The Morgan fingerprint density at radius 2 is 1.56 bits per heavy atom. The third-order valence-corrected chi connectivity index (χ3v) is 12.7. The van der Waals surface area contributed by atoms with E-state index in [1.807, 2.05) is 36.7 Å². The van der Waals surface area contributed by atoms with Gasteiger partial charge in [0.15, 0.2) is 11.5 Å². The third-order valence-electron chi connectivity index (χ3n) is 12.7. The number of aromatic amines is 2. The summed E-state index contributed by atoms with van der Waals surface area (Å²) in [7, 11) is 0. The summed E-state index contributed by atoms with van der Waals surface area (Å²) in [6.45, 7) is 0.446. The van der Waals surface area contributed by atoms with Crippen molar-refractivity contribution >= 4 is 29.5 Å². The lowest BCUT2D eigenvalue weighted by Crippen LogP contribution is -2.32. The first-order valence-electron chi connectivity index (χ1n) is 20.7. The van der Waals surface area contributed by atoms with Crippen molar-refractivity contribution in [2.24, 2.45) is 11.8 Å². The van der Waals surface area contributed by atoms with Gasteiger partial charge in [0.1, 0.15) is 23.1 Å². The topological polar surface area (TPSA) is 127 Å². The zero-order chi connectivity index (χ0) is 38.9. The van der Waals surface area contributed by atoms with E-state index in [1.54, 1.807) is 6.07 Å². The molecule has 5 aromatic rings. The molecule has 8 nitrogen and oxygen atoms in total. The number of fused-ring (bicyclic) bond motifs is 8. The number of phenols is 2. The van der Waals surface area contributed by atoms with Crippen LogP contribution in [-0.2, 0) is 35.3 Å². The molecule has 57 heavy (non-hydrogen) atoms. The highest BCUT2D eigenvalue weighted by Gasteiger charge is 2.39. The van der Waals surface area contributed by atoms with E-state index in [0.29, 0.717) is 31.6 Å². The Kier molecular flexibility index (Phi) is 10.3. The summed E-state index contributed by atoms with van der Waals surface area (Å²) >= 11 is 0. The number of nitrogens with one attached hydrogen (secondary N) is 3. The molecule has 1 fully saturated rings. The van der Waals surface area contributed by atoms with Gasteiger partial charge < -0.3 is 30.2 Å². The quantitative estimate of drug-likeness (QED) is 0.116. The number of aromatic nitrogens is 2. The molecule has 292 valence electrons. The lowest BCUT2D eigenvalue weighted by molar-refractivity contribution is -0.129. The first-order chi connectivity index (χ1) is 27.8. The number of hydrogen-bond donors (Lipinski definition) is 5. The number of phenolic OH excluding ortho intramolecular Hbond substituents is 2.